The molecule has 1 aliphatic rings. The van der Waals surface area contributed by atoms with Gasteiger partial charge in [-0.2, -0.15) is 0 Å². The summed E-state index contributed by atoms with van der Waals surface area (Å²) < 4.78 is 0. The van der Waals surface area contributed by atoms with Gasteiger partial charge in [-0.15, -0.1) is 22.7 Å². The highest BCUT2D eigenvalue weighted by atomic mass is 32.1. The number of nitrogen functional groups attached to an aromatic ring is 1. The van der Waals surface area contributed by atoms with Gasteiger partial charge in [-0.05, 0) is 31.8 Å². The Bertz CT molecular complexity index is 555. The van der Waals surface area contributed by atoms with Crippen molar-refractivity contribution in [3.05, 3.63) is 15.8 Å². The van der Waals surface area contributed by atoms with Crippen molar-refractivity contribution in [2.24, 2.45) is 5.92 Å². The highest BCUT2D eigenvalue weighted by Crippen LogP contribution is 2.25. The van der Waals surface area contributed by atoms with E-state index in [0.717, 1.165) is 30.3 Å². The van der Waals surface area contributed by atoms with Crippen LogP contribution in [-0.2, 0) is 6.42 Å². The molecule has 2 aromatic heterocycles. The van der Waals surface area contributed by atoms with E-state index in [4.69, 9.17) is 5.73 Å². The van der Waals surface area contributed by atoms with E-state index < -0.39 is 0 Å². The number of thiazole rings is 2. The molecule has 3 heterocycles. The molecular formula is C14H20N4S2. The molecule has 1 saturated heterocycles. The molecule has 0 aromatic carbocycles. The third kappa shape index (κ3) is 3.37. The van der Waals surface area contributed by atoms with Crippen LogP contribution in [0.3, 0.4) is 0 Å². The molecule has 0 spiro atoms. The van der Waals surface area contributed by atoms with Crippen LogP contribution in [0.4, 0.5) is 5.13 Å². The molecule has 20 heavy (non-hydrogen) atoms. The summed E-state index contributed by atoms with van der Waals surface area (Å²) in [5.41, 5.74) is 7.53. The average molecular weight is 308 g/mol. The average Bonchev–Trinajstić information content (AvgIpc) is 3.07. The van der Waals surface area contributed by atoms with E-state index in [1.807, 2.05) is 5.38 Å². The smallest absolute Gasteiger partial charge is 0.180 e. The summed E-state index contributed by atoms with van der Waals surface area (Å²) in [7, 11) is 0. The Labute approximate surface area is 127 Å². The summed E-state index contributed by atoms with van der Waals surface area (Å²) in [6, 6.07) is 0. The van der Waals surface area contributed by atoms with Crippen molar-refractivity contribution < 1.29 is 0 Å². The molecule has 0 unspecified atom stereocenters. The number of hydrogen-bond donors (Lipinski definition) is 1. The van der Waals surface area contributed by atoms with E-state index in [1.165, 1.54) is 42.3 Å². The molecule has 2 aromatic rings. The second kappa shape index (κ2) is 6.20. The zero-order valence-corrected chi connectivity index (χ0v) is 13.3. The number of hydrogen-bond acceptors (Lipinski definition) is 6. The van der Waals surface area contributed by atoms with Crippen molar-refractivity contribution >= 4 is 27.8 Å². The fourth-order valence-electron chi connectivity index (χ4n) is 2.49. The second-order valence-electron chi connectivity index (χ2n) is 5.47. The quantitative estimate of drug-likeness (QED) is 0.943. The number of anilines is 1. The first kappa shape index (κ1) is 14.0. The molecule has 3 rings (SSSR count). The van der Waals surface area contributed by atoms with Gasteiger partial charge in [0.25, 0.3) is 0 Å². The van der Waals surface area contributed by atoms with Crippen molar-refractivity contribution in [2.45, 2.75) is 26.2 Å². The van der Waals surface area contributed by atoms with Gasteiger partial charge in [0, 0.05) is 23.7 Å². The first-order valence-electron chi connectivity index (χ1n) is 7.09. The van der Waals surface area contributed by atoms with Crippen LogP contribution >= 0.6 is 22.7 Å². The molecule has 0 radical (unpaired) electrons. The number of piperidine rings is 1. The van der Waals surface area contributed by atoms with Crippen molar-refractivity contribution in [3.63, 3.8) is 0 Å². The topological polar surface area (TPSA) is 55.0 Å². The van der Waals surface area contributed by atoms with Crippen LogP contribution < -0.4 is 5.73 Å². The molecule has 108 valence electrons. The lowest BCUT2D eigenvalue weighted by molar-refractivity contribution is 0.194. The van der Waals surface area contributed by atoms with E-state index in [0.29, 0.717) is 5.13 Å². The Balaban J connectivity index is 1.55. The molecule has 0 bridgehead atoms. The molecule has 0 atom stereocenters. The Hall–Kier alpha value is -0.980. The lowest BCUT2D eigenvalue weighted by Crippen LogP contribution is -2.34. The van der Waals surface area contributed by atoms with Gasteiger partial charge in [0.05, 0.1) is 5.01 Å². The number of likely N-dealkylation sites (tertiary alicyclic amines) is 1. The van der Waals surface area contributed by atoms with Crippen LogP contribution in [-0.4, -0.2) is 34.5 Å². The van der Waals surface area contributed by atoms with Crippen molar-refractivity contribution in [2.75, 3.05) is 25.4 Å². The van der Waals surface area contributed by atoms with Crippen LogP contribution in [0.5, 0.6) is 0 Å². The summed E-state index contributed by atoms with van der Waals surface area (Å²) in [6.07, 6.45) is 3.71. The van der Waals surface area contributed by atoms with Crippen LogP contribution in [0.1, 0.15) is 24.8 Å². The minimum atomic E-state index is 0.608. The number of nitrogens with zero attached hydrogens (tertiary/aromatic N) is 3. The summed E-state index contributed by atoms with van der Waals surface area (Å²) in [5, 5.41) is 5.87. The van der Waals surface area contributed by atoms with Crippen molar-refractivity contribution in [1.82, 2.24) is 14.9 Å². The minimum absolute atomic E-state index is 0.608. The fourth-order valence-corrected chi connectivity index (χ4v) is 3.83. The van der Waals surface area contributed by atoms with Crippen molar-refractivity contribution in [3.8, 4) is 11.4 Å². The normalized spacial score (nSPS) is 17.6. The number of rotatable bonds is 4. The zero-order chi connectivity index (χ0) is 13.9. The van der Waals surface area contributed by atoms with Gasteiger partial charge in [0.2, 0.25) is 0 Å². The number of aromatic nitrogens is 2. The highest BCUT2D eigenvalue weighted by molar-refractivity contribution is 7.14. The second-order valence-corrected chi connectivity index (χ2v) is 7.30. The van der Waals surface area contributed by atoms with Gasteiger partial charge in [0.1, 0.15) is 11.4 Å². The monoisotopic (exact) mass is 308 g/mol. The summed E-state index contributed by atoms with van der Waals surface area (Å²) in [6.45, 7) is 5.95. The maximum Gasteiger partial charge on any atom is 0.180 e. The Morgan fingerprint density at radius 3 is 2.60 bits per heavy atom. The standard InChI is InChI=1S/C14H20N4S2/c1-10-2-5-18(6-3-10)7-4-13-16-11(8-19-13)12-9-20-14(15)17-12/h8-10H,2-7H2,1H3,(H2,15,17). The third-order valence-electron chi connectivity index (χ3n) is 3.85. The van der Waals surface area contributed by atoms with E-state index in [9.17, 15) is 0 Å². The van der Waals surface area contributed by atoms with Gasteiger partial charge in [-0.1, -0.05) is 6.92 Å². The predicted molar refractivity (Wildman–Crippen MR) is 86.2 cm³/mol. The molecule has 1 aliphatic heterocycles. The van der Waals surface area contributed by atoms with Crippen LogP contribution in [0.2, 0.25) is 0 Å². The SMILES string of the molecule is CC1CCN(CCc2nc(-c3csc(N)n3)cs2)CC1. The maximum absolute atomic E-state index is 5.67. The first-order chi connectivity index (χ1) is 9.70. The predicted octanol–water partition coefficient (Wildman–Crippen LogP) is 3.12. The maximum atomic E-state index is 5.67. The summed E-state index contributed by atoms with van der Waals surface area (Å²) >= 11 is 3.20. The van der Waals surface area contributed by atoms with Crippen molar-refractivity contribution in [1.29, 1.82) is 0 Å². The van der Waals surface area contributed by atoms with Gasteiger partial charge >= 0.3 is 0 Å². The minimum Gasteiger partial charge on any atom is -0.375 e. The Morgan fingerprint density at radius 1 is 1.20 bits per heavy atom. The van der Waals surface area contributed by atoms with Crippen LogP contribution in [0, 0.1) is 5.92 Å². The fraction of sp³-hybridized carbons (Fsp3) is 0.571. The first-order valence-corrected chi connectivity index (χ1v) is 8.85. The van der Waals surface area contributed by atoms with E-state index in [-0.39, 0.29) is 0 Å². The van der Waals surface area contributed by atoms with Gasteiger partial charge < -0.3 is 10.6 Å². The van der Waals surface area contributed by atoms with E-state index in [2.05, 4.69) is 27.2 Å². The highest BCUT2D eigenvalue weighted by Gasteiger charge is 2.16. The Morgan fingerprint density at radius 2 is 1.90 bits per heavy atom. The third-order valence-corrected chi connectivity index (χ3v) is 5.44. The van der Waals surface area contributed by atoms with E-state index in [1.54, 1.807) is 11.3 Å². The zero-order valence-electron chi connectivity index (χ0n) is 11.7. The molecule has 6 heteroatoms. The van der Waals surface area contributed by atoms with Gasteiger partial charge in [-0.3, -0.25) is 0 Å². The van der Waals surface area contributed by atoms with Crippen LogP contribution in [0.15, 0.2) is 10.8 Å². The molecule has 0 aliphatic carbocycles. The molecular weight excluding hydrogens is 288 g/mol. The molecule has 2 N–H and O–H groups in total. The molecule has 0 saturated carbocycles. The summed E-state index contributed by atoms with van der Waals surface area (Å²) in [5.74, 6) is 0.896. The lowest BCUT2D eigenvalue weighted by atomic mass is 9.99. The largest absolute Gasteiger partial charge is 0.375 e. The van der Waals surface area contributed by atoms with E-state index >= 15 is 0 Å². The van der Waals surface area contributed by atoms with Crippen LogP contribution in [0.25, 0.3) is 11.4 Å². The molecule has 0 amide bonds. The Kier molecular flexibility index (Phi) is 4.33. The number of nitrogens with two attached hydrogens (primary N) is 1. The lowest BCUT2D eigenvalue weighted by Gasteiger charge is -2.29. The van der Waals surface area contributed by atoms with Gasteiger partial charge in [0.15, 0.2) is 5.13 Å². The molecule has 4 nitrogen and oxygen atoms in total. The van der Waals surface area contributed by atoms with Gasteiger partial charge in [-0.25, -0.2) is 9.97 Å². The molecule has 1 fully saturated rings. The summed E-state index contributed by atoms with van der Waals surface area (Å²) in [4.78, 5) is 11.5.